The van der Waals surface area contributed by atoms with Gasteiger partial charge in [-0.2, -0.15) is 13.2 Å². The molecule has 0 aliphatic rings. The third-order valence-corrected chi connectivity index (χ3v) is 3.51. The number of carbonyl (C=O) groups is 1. The summed E-state index contributed by atoms with van der Waals surface area (Å²) < 4.78 is 37.5. The Morgan fingerprint density at radius 3 is 2.74 bits per heavy atom. The van der Waals surface area contributed by atoms with Crippen LogP contribution in [0.4, 0.5) is 19.1 Å². The van der Waals surface area contributed by atoms with E-state index >= 15 is 0 Å². The van der Waals surface area contributed by atoms with Crippen LogP contribution in [0.3, 0.4) is 0 Å². The highest BCUT2D eigenvalue weighted by molar-refractivity contribution is 7.09. The molecule has 0 spiro atoms. The second-order valence-corrected chi connectivity index (χ2v) is 5.64. The molecule has 0 saturated carbocycles. The highest BCUT2D eigenvalue weighted by Gasteiger charge is 2.32. The van der Waals surface area contributed by atoms with Gasteiger partial charge in [-0.05, 0) is 13.0 Å². The third-order valence-electron chi connectivity index (χ3n) is 2.68. The van der Waals surface area contributed by atoms with Gasteiger partial charge in [0.15, 0.2) is 0 Å². The summed E-state index contributed by atoms with van der Waals surface area (Å²) >= 11 is 1.46. The Labute approximate surface area is 134 Å². The molecule has 6 nitrogen and oxygen atoms in total. The number of hydrogen-bond donors (Lipinski definition) is 2. The van der Waals surface area contributed by atoms with Crippen LogP contribution >= 0.6 is 11.3 Å². The number of aryl methyl sites for hydroxylation is 1. The lowest BCUT2D eigenvalue weighted by molar-refractivity contribution is -0.141. The summed E-state index contributed by atoms with van der Waals surface area (Å²) in [5.41, 5.74) is -0.322. The zero-order valence-corrected chi connectivity index (χ0v) is 13.0. The number of amides is 1. The maximum Gasteiger partial charge on any atom is 0.433 e. The van der Waals surface area contributed by atoms with Crippen LogP contribution in [0.1, 0.15) is 16.4 Å². The summed E-state index contributed by atoms with van der Waals surface area (Å²) in [7, 11) is 0. The normalized spacial score (nSPS) is 11.3. The standard InChI is InChI=1S/C13H14F3N5OS/c1-8-20-9(7-23-8)6-11(22)17-4-5-19-12-18-3-2-10(21-12)13(14,15)16/h2-3,7H,4-6H2,1H3,(H,17,22)(H,18,19,21). The van der Waals surface area contributed by atoms with Gasteiger partial charge in [0.1, 0.15) is 5.69 Å². The number of hydrogen-bond acceptors (Lipinski definition) is 6. The van der Waals surface area contributed by atoms with E-state index in [0.717, 1.165) is 17.3 Å². The zero-order chi connectivity index (χ0) is 16.9. The van der Waals surface area contributed by atoms with Crippen molar-refractivity contribution in [1.29, 1.82) is 0 Å². The molecule has 2 N–H and O–H groups in total. The first-order valence-corrected chi connectivity index (χ1v) is 7.54. The van der Waals surface area contributed by atoms with Crippen LogP contribution in [-0.2, 0) is 17.4 Å². The summed E-state index contributed by atoms with van der Waals surface area (Å²) in [5, 5.41) is 7.97. The van der Waals surface area contributed by atoms with E-state index in [1.54, 1.807) is 0 Å². The minimum atomic E-state index is -4.51. The van der Waals surface area contributed by atoms with Gasteiger partial charge in [0.2, 0.25) is 11.9 Å². The van der Waals surface area contributed by atoms with Gasteiger partial charge in [-0.1, -0.05) is 0 Å². The Morgan fingerprint density at radius 1 is 1.30 bits per heavy atom. The van der Waals surface area contributed by atoms with Crippen molar-refractivity contribution in [1.82, 2.24) is 20.3 Å². The average Bonchev–Trinajstić information content (AvgIpc) is 2.88. The first-order chi connectivity index (χ1) is 10.8. The van der Waals surface area contributed by atoms with Gasteiger partial charge in [0.25, 0.3) is 0 Å². The lowest BCUT2D eigenvalue weighted by atomic mass is 10.3. The van der Waals surface area contributed by atoms with Crippen molar-refractivity contribution in [2.75, 3.05) is 18.4 Å². The first-order valence-electron chi connectivity index (χ1n) is 6.66. The summed E-state index contributed by atoms with van der Waals surface area (Å²) in [6.45, 7) is 2.30. The van der Waals surface area contributed by atoms with Crippen molar-refractivity contribution in [2.45, 2.75) is 19.5 Å². The molecule has 2 heterocycles. The molecule has 0 radical (unpaired) electrons. The molecule has 1 amide bonds. The fourth-order valence-electron chi connectivity index (χ4n) is 1.69. The Hall–Kier alpha value is -2.23. The molecule has 23 heavy (non-hydrogen) atoms. The largest absolute Gasteiger partial charge is 0.433 e. The van der Waals surface area contributed by atoms with Crippen LogP contribution in [0.25, 0.3) is 0 Å². The van der Waals surface area contributed by atoms with E-state index in [-0.39, 0.29) is 31.4 Å². The van der Waals surface area contributed by atoms with Gasteiger partial charge in [0.05, 0.1) is 17.1 Å². The number of nitrogens with one attached hydrogen (secondary N) is 2. The monoisotopic (exact) mass is 345 g/mol. The van der Waals surface area contributed by atoms with E-state index in [1.807, 2.05) is 12.3 Å². The number of rotatable bonds is 6. The van der Waals surface area contributed by atoms with Crippen molar-refractivity contribution in [3.05, 3.63) is 34.0 Å². The van der Waals surface area contributed by atoms with E-state index in [1.165, 1.54) is 11.3 Å². The summed E-state index contributed by atoms with van der Waals surface area (Å²) in [4.78, 5) is 22.9. The molecule has 124 valence electrons. The second kappa shape index (κ2) is 7.36. The van der Waals surface area contributed by atoms with E-state index in [2.05, 4.69) is 25.6 Å². The molecule has 2 aromatic rings. The fourth-order valence-corrected chi connectivity index (χ4v) is 2.31. The fraction of sp³-hybridized carbons (Fsp3) is 0.385. The topological polar surface area (TPSA) is 79.8 Å². The van der Waals surface area contributed by atoms with Gasteiger partial charge in [-0.15, -0.1) is 11.3 Å². The minimum absolute atomic E-state index is 0.135. The van der Waals surface area contributed by atoms with Gasteiger partial charge >= 0.3 is 6.18 Å². The second-order valence-electron chi connectivity index (χ2n) is 4.57. The van der Waals surface area contributed by atoms with E-state index in [0.29, 0.717) is 5.69 Å². The van der Waals surface area contributed by atoms with E-state index in [4.69, 9.17) is 0 Å². The highest BCUT2D eigenvalue weighted by atomic mass is 32.1. The maximum atomic E-state index is 12.5. The average molecular weight is 345 g/mol. The molecule has 2 rings (SSSR count). The van der Waals surface area contributed by atoms with Crippen LogP contribution < -0.4 is 10.6 Å². The molecular weight excluding hydrogens is 331 g/mol. The molecule has 0 fully saturated rings. The smallest absolute Gasteiger partial charge is 0.354 e. The number of nitrogens with zero attached hydrogens (tertiary/aromatic N) is 3. The molecule has 0 aromatic carbocycles. The highest BCUT2D eigenvalue weighted by Crippen LogP contribution is 2.27. The molecule has 0 bridgehead atoms. The SMILES string of the molecule is Cc1nc(CC(=O)NCCNc2nccc(C(F)(F)F)n2)cs1. The van der Waals surface area contributed by atoms with Crippen molar-refractivity contribution in [2.24, 2.45) is 0 Å². The lowest BCUT2D eigenvalue weighted by Crippen LogP contribution is -2.30. The predicted molar refractivity (Wildman–Crippen MR) is 79.1 cm³/mol. The summed E-state index contributed by atoms with van der Waals surface area (Å²) in [6, 6.07) is 0.794. The Morgan fingerprint density at radius 2 is 2.09 bits per heavy atom. The molecule has 0 saturated heterocycles. The number of aromatic nitrogens is 3. The lowest BCUT2D eigenvalue weighted by Gasteiger charge is -2.09. The summed E-state index contributed by atoms with van der Waals surface area (Å²) in [5.74, 6) is -0.341. The molecule has 0 unspecified atom stereocenters. The van der Waals surface area contributed by atoms with Gasteiger partial charge in [0, 0.05) is 24.7 Å². The first kappa shape index (κ1) is 17.1. The Bertz CT molecular complexity index is 674. The number of carbonyl (C=O) groups excluding carboxylic acids is 1. The Kier molecular flexibility index (Phi) is 5.48. The molecular formula is C13H14F3N5OS. The van der Waals surface area contributed by atoms with Crippen molar-refractivity contribution in [3.8, 4) is 0 Å². The molecule has 0 aliphatic carbocycles. The maximum absolute atomic E-state index is 12.5. The number of alkyl halides is 3. The quantitative estimate of drug-likeness (QED) is 0.783. The number of thiazole rings is 1. The molecule has 0 atom stereocenters. The zero-order valence-electron chi connectivity index (χ0n) is 12.1. The van der Waals surface area contributed by atoms with Crippen molar-refractivity contribution in [3.63, 3.8) is 0 Å². The number of anilines is 1. The van der Waals surface area contributed by atoms with Crippen LogP contribution in [-0.4, -0.2) is 33.9 Å². The van der Waals surface area contributed by atoms with Gasteiger partial charge in [-0.3, -0.25) is 4.79 Å². The van der Waals surface area contributed by atoms with E-state index < -0.39 is 11.9 Å². The van der Waals surface area contributed by atoms with Gasteiger partial charge in [-0.25, -0.2) is 15.0 Å². The number of halogens is 3. The van der Waals surface area contributed by atoms with Gasteiger partial charge < -0.3 is 10.6 Å². The summed E-state index contributed by atoms with van der Waals surface area (Å²) in [6.07, 6.45) is -3.31. The molecule has 2 aromatic heterocycles. The Balaban J connectivity index is 1.74. The van der Waals surface area contributed by atoms with E-state index in [9.17, 15) is 18.0 Å². The predicted octanol–water partition coefficient (Wildman–Crippen LogP) is 2.03. The minimum Gasteiger partial charge on any atom is -0.354 e. The molecule has 10 heteroatoms. The third kappa shape index (κ3) is 5.47. The van der Waals surface area contributed by atoms with Crippen LogP contribution in [0.15, 0.2) is 17.6 Å². The van der Waals surface area contributed by atoms with Crippen molar-refractivity contribution >= 4 is 23.2 Å². The van der Waals surface area contributed by atoms with Crippen LogP contribution in [0.5, 0.6) is 0 Å². The van der Waals surface area contributed by atoms with Crippen LogP contribution in [0.2, 0.25) is 0 Å². The molecule has 0 aliphatic heterocycles. The van der Waals surface area contributed by atoms with Crippen molar-refractivity contribution < 1.29 is 18.0 Å². The van der Waals surface area contributed by atoms with Crippen LogP contribution in [0, 0.1) is 6.92 Å².